The number of imidazole rings is 1. The van der Waals surface area contributed by atoms with E-state index in [9.17, 15) is 19.2 Å². The molecule has 0 unspecified atom stereocenters. The number of carbonyl (C=O) groups excluding carboxylic acids is 4. The Morgan fingerprint density at radius 1 is 1.09 bits per heavy atom. The van der Waals surface area contributed by atoms with Crippen molar-refractivity contribution in [3.8, 4) is 0 Å². The first-order valence-corrected chi connectivity index (χ1v) is 16.1. The molecule has 0 radical (unpaired) electrons. The highest BCUT2D eigenvalue weighted by Crippen LogP contribution is 2.27. The summed E-state index contributed by atoms with van der Waals surface area (Å²) >= 11 is 1.28. The first kappa shape index (κ1) is 32.5. The van der Waals surface area contributed by atoms with Crippen molar-refractivity contribution in [2.24, 2.45) is 13.0 Å². The molecule has 5 rings (SSSR count). The number of nitrogens with zero attached hydrogens (tertiary/aromatic N) is 5. The molecule has 3 N–H and O–H groups in total. The van der Waals surface area contributed by atoms with Gasteiger partial charge in [-0.1, -0.05) is 44.2 Å². The van der Waals surface area contributed by atoms with Crippen LogP contribution >= 0.6 is 11.3 Å². The van der Waals surface area contributed by atoms with E-state index in [1.807, 2.05) is 44.2 Å². The normalized spacial score (nSPS) is 18.5. The van der Waals surface area contributed by atoms with E-state index in [1.54, 1.807) is 41.2 Å². The molecule has 0 fully saturated rings. The number of aromatic nitrogens is 4. The fraction of sp³-hybridized carbons (Fsp3) is 0.406. The van der Waals surface area contributed by atoms with Crippen LogP contribution < -0.4 is 16.0 Å². The van der Waals surface area contributed by atoms with Gasteiger partial charge in [0.15, 0.2) is 11.5 Å². The predicted octanol–water partition coefficient (Wildman–Crippen LogP) is 3.37. The van der Waals surface area contributed by atoms with Crippen molar-refractivity contribution < 1.29 is 23.6 Å². The van der Waals surface area contributed by atoms with Gasteiger partial charge in [-0.3, -0.25) is 19.2 Å². The summed E-state index contributed by atoms with van der Waals surface area (Å²) in [4.78, 5) is 68.0. The molecular formula is C32H38N8O5S. The lowest BCUT2D eigenvalue weighted by atomic mass is 10.0. The molecule has 46 heavy (non-hydrogen) atoms. The molecule has 0 spiro atoms. The van der Waals surface area contributed by atoms with E-state index in [0.717, 1.165) is 5.56 Å². The summed E-state index contributed by atoms with van der Waals surface area (Å²) < 4.78 is 7.62. The van der Waals surface area contributed by atoms with E-state index in [0.29, 0.717) is 23.6 Å². The van der Waals surface area contributed by atoms with Crippen molar-refractivity contribution in [1.29, 1.82) is 0 Å². The minimum Gasteiger partial charge on any atom is -0.443 e. The van der Waals surface area contributed by atoms with Gasteiger partial charge in [-0.2, -0.15) is 0 Å². The van der Waals surface area contributed by atoms with Gasteiger partial charge in [0.25, 0.3) is 17.7 Å². The third kappa shape index (κ3) is 7.68. The van der Waals surface area contributed by atoms with Gasteiger partial charge < -0.3 is 29.8 Å². The lowest BCUT2D eigenvalue weighted by Crippen LogP contribution is -2.40. The Hall–Kier alpha value is -4.85. The molecule has 1 aliphatic heterocycles. The highest BCUT2D eigenvalue weighted by Gasteiger charge is 2.29. The van der Waals surface area contributed by atoms with Gasteiger partial charge in [-0.05, 0) is 24.8 Å². The van der Waals surface area contributed by atoms with Gasteiger partial charge in [0.1, 0.15) is 22.5 Å². The van der Waals surface area contributed by atoms with E-state index < -0.39 is 23.9 Å². The van der Waals surface area contributed by atoms with Crippen LogP contribution in [-0.4, -0.2) is 67.7 Å². The number of benzene rings is 1. The van der Waals surface area contributed by atoms with Crippen LogP contribution in [0.15, 0.2) is 52.5 Å². The molecule has 2 atom stereocenters. The van der Waals surface area contributed by atoms with Crippen LogP contribution in [0.4, 0.5) is 0 Å². The zero-order valence-corrected chi connectivity index (χ0v) is 27.1. The maximum Gasteiger partial charge on any atom is 0.289 e. The fourth-order valence-corrected chi connectivity index (χ4v) is 6.23. The molecule has 0 aliphatic carbocycles. The molecular weight excluding hydrogens is 608 g/mol. The molecule has 0 saturated heterocycles. The molecule has 14 heteroatoms. The number of hydrogen-bond donors (Lipinski definition) is 3. The second-order valence-electron chi connectivity index (χ2n) is 11.5. The predicted molar refractivity (Wildman–Crippen MR) is 170 cm³/mol. The second kappa shape index (κ2) is 14.5. The van der Waals surface area contributed by atoms with E-state index in [1.165, 1.54) is 11.3 Å². The Morgan fingerprint density at radius 2 is 1.87 bits per heavy atom. The standard InChI is InChI=1S/C32H38N8O5S/c1-19(2)25-31-36-23(18-46-31)28(42)34-13-16-40(32(44)27-33-12-15-39(27)4)14-8-11-24(41)35-22(17-21-9-6-5-7-10-21)30-38-26(20(3)45-30)29(43)37-25/h5-7,9-10,12,15,18-19,22,25H,8,11,13-14,16-17H2,1-4H3,(H,34,42)(H,35,41)(H,37,43)/t22-,25-/m0/s1. The maximum absolute atomic E-state index is 13.5. The van der Waals surface area contributed by atoms with E-state index in [-0.39, 0.29) is 66.9 Å². The third-order valence-electron chi connectivity index (χ3n) is 7.72. The van der Waals surface area contributed by atoms with Gasteiger partial charge in [0.2, 0.25) is 11.8 Å². The van der Waals surface area contributed by atoms with Crippen molar-refractivity contribution >= 4 is 35.0 Å². The first-order chi connectivity index (χ1) is 22.1. The number of hydrogen-bond acceptors (Lipinski definition) is 9. The summed E-state index contributed by atoms with van der Waals surface area (Å²) in [6.45, 7) is 6.19. The van der Waals surface area contributed by atoms with Crippen LogP contribution in [0.3, 0.4) is 0 Å². The second-order valence-corrected chi connectivity index (χ2v) is 12.4. The van der Waals surface area contributed by atoms with E-state index in [2.05, 4.69) is 30.9 Å². The molecule has 4 bridgehead atoms. The molecule has 4 aromatic rings. The molecule has 242 valence electrons. The largest absolute Gasteiger partial charge is 0.443 e. The summed E-state index contributed by atoms with van der Waals surface area (Å²) in [5.41, 5.74) is 1.29. The smallest absolute Gasteiger partial charge is 0.289 e. The van der Waals surface area contributed by atoms with Crippen molar-refractivity contribution in [2.45, 2.75) is 52.1 Å². The number of carbonyl (C=O) groups is 4. The molecule has 4 amide bonds. The summed E-state index contributed by atoms with van der Waals surface area (Å²) in [6, 6.07) is 8.50. The zero-order chi connectivity index (χ0) is 32.8. The van der Waals surface area contributed by atoms with Crippen molar-refractivity contribution in [3.05, 3.63) is 87.5 Å². The summed E-state index contributed by atoms with van der Waals surface area (Å²) in [5.74, 6) is -0.652. The van der Waals surface area contributed by atoms with Crippen LogP contribution in [-0.2, 0) is 18.3 Å². The summed E-state index contributed by atoms with van der Waals surface area (Å²) in [7, 11) is 1.73. The van der Waals surface area contributed by atoms with Gasteiger partial charge in [-0.15, -0.1) is 11.3 Å². The van der Waals surface area contributed by atoms with Crippen LogP contribution in [0.5, 0.6) is 0 Å². The monoisotopic (exact) mass is 646 g/mol. The van der Waals surface area contributed by atoms with Crippen LogP contribution in [0.2, 0.25) is 0 Å². The maximum atomic E-state index is 13.5. The number of oxazole rings is 1. The molecule has 13 nitrogen and oxygen atoms in total. The third-order valence-corrected chi connectivity index (χ3v) is 8.64. The molecule has 0 saturated carbocycles. The average molecular weight is 647 g/mol. The number of fused-ring (bicyclic) bond motifs is 4. The Balaban J connectivity index is 1.46. The molecule has 3 aromatic heterocycles. The van der Waals surface area contributed by atoms with Gasteiger partial charge >= 0.3 is 0 Å². The minimum atomic E-state index is -0.635. The Kier molecular flexibility index (Phi) is 10.3. The number of thiazole rings is 1. The molecule has 1 aliphatic rings. The van der Waals surface area contributed by atoms with Crippen LogP contribution in [0, 0.1) is 12.8 Å². The number of rotatable bonds is 4. The van der Waals surface area contributed by atoms with Crippen molar-refractivity contribution in [3.63, 3.8) is 0 Å². The number of amides is 4. The Labute approximate surface area is 270 Å². The highest BCUT2D eigenvalue weighted by molar-refractivity contribution is 7.09. The van der Waals surface area contributed by atoms with E-state index in [4.69, 9.17) is 4.42 Å². The number of aryl methyl sites for hydroxylation is 2. The summed E-state index contributed by atoms with van der Waals surface area (Å²) in [5, 5.41) is 11.1. The minimum absolute atomic E-state index is 0.0497. The van der Waals surface area contributed by atoms with Crippen molar-refractivity contribution in [2.75, 3.05) is 19.6 Å². The van der Waals surface area contributed by atoms with Crippen molar-refractivity contribution in [1.82, 2.24) is 40.4 Å². The van der Waals surface area contributed by atoms with Gasteiger partial charge in [-0.25, -0.2) is 15.0 Å². The zero-order valence-electron chi connectivity index (χ0n) is 26.3. The quantitative estimate of drug-likeness (QED) is 0.304. The highest BCUT2D eigenvalue weighted by atomic mass is 32.1. The Bertz CT molecular complexity index is 1690. The molecule has 4 heterocycles. The van der Waals surface area contributed by atoms with Crippen LogP contribution in [0.1, 0.15) is 92.6 Å². The van der Waals surface area contributed by atoms with E-state index >= 15 is 0 Å². The van der Waals surface area contributed by atoms with Gasteiger partial charge in [0, 0.05) is 57.3 Å². The fourth-order valence-electron chi connectivity index (χ4n) is 5.20. The lowest BCUT2D eigenvalue weighted by molar-refractivity contribution is -0.122. The summed E-state index contributed by atoms with van der Waals surface area (Å²) in [6.07, 6.45) is 4.11. The SMILES string of the molecule is Cc1oc2nc1C(=O)N[C@@H](C(C)C)c1nc(cs1)C(=O)NCCN(C(=O)c1nccn1C)CCCC(=O)N[C@H]2Cc1ccccc1. The average Bonchev–Trinajstić information content (AvgIpc) is 3.78. The van der Waals surface area contributed by atoms with Crippen LogP contribution in [0.25, 0.3) is 0 Å². The Morgan fingerprint density at radius 3 is 2.59 bits per heavy atom. The topological polar surface area (TPSA) is 164 Å². The van der Waals surface area contributed by atoms with Gasteiger partial charge in [0.05, 0.1) is 6.04 Å². The number of nitrogens with one attached hydrogen (secondary N) is 3. The lowest BCUT2D eigenvalue weighted by Gasteiger charge is -2.23. The first-order valence-electron chi connectivity index (χ1n) is 15.2. The molecule has 1 aromatic carbocycles.